The van der Waals surface area contributed by atoms with Crippen molar-refractivity contribution < 1.29 is 23.9 Å². The number of ketones is 1. The average Bonchev–Trinajstić information content (AvgIpc) is 3.21. The topological polar surface area (TPSA) is 106 Å². The summed E-state index contributed by atoms with van der Waals surface area (Å²) in [4.78, 5) is 22.9. The number of carbonyl (C=O) groups excluding carboxylic acids is 1. The summed E-state index contributed by atoms with van der Waals surface area (Å²) < 4.78 is 18.5. The van der Waals surface area contributed by atoms with Gasteiger partial charge in [0.15, 0.2) is 12.4 Å². The fourth-order valence-corrected chi connectivity index (χ4v) is 3.63. The first-order valence-corrected chi connectivity index (χ1v) is 11.1. The van der Waals surface area contributed by atoms with Gasteiger partial charge in [-0.1, -0.05) is 23.2 Å². The van der Waals surface area contributed by atoms with E-state index in [-0.39, 0.29) is 35.6 Å². The molecule has 0 atom stereocenters. The average molecular weight is 516 g/mol. The number of benzene rings is 3. The highest BCUT2D eigenvalue weighted by Gasteiger charge is 2.16. The standard InChI is InChI=1S/C24H19Cl2N3O6/c1-33-18-7-9-22-19(13-18)24(35-14-23(30)15-2-8-20(25)21(26)12-15)27-28(22)10-11-34-17-5-3-16(4-6-17)29(31)32/h2-9,12-13H,10-11,14H2,1H3. The molecule has 0 N–H and O–H groups in total. The number of ether oxygens (including phenoxy) is 3. The van der Waals surface area contributed by atoms with Gasteiger partial charge in [0.25, 0.3) is 5.69 Å². The van der Waals surface area contributed by atoms with Gasteiger partial charge in [-0.25, -0.2) is 0 Å². The molecule has 3 aromatic carbocycles. The summed E-state index contributed by atoms with van der Waals surface area (Å²) >= 11 is 11.9. The largest absolute Gasteiger partial charge is 0.497 e. The van der Waals surface area contributed by atoms with E-state index >= 15 is 0 Å². The highest BCUT2D eigenvalue weighted by atomic mass is 35.5. The number of halogens is 2. The molecule has 0 spiro atoms. The maximum Gasteiger partial charge on any atom is 0.269 e. The molecule has 1 heterocycles. The Morgan fingerprint density at radius 3 is 2.43 bits per heavy atom. The molecule has 180 valence electrons. The van der Waals surface area contributed by atoms with Crippen molar-refractivity contribution in [2.24, 2.45) is 0 Å². The molecule has 0 amide bonds. The monoisotopic (exact) mass is 515 g/mol. The van der Waals surface area contributed by atoms with Crippen LogP contribution in [0.3, 0.4) is 0 Å². The van der Waals surface area contributed by atoms with Gasteiger partial charge in [-0.05, 0) is 48.5 Å². The molecule has 0 aliphatic rings. The molecular weight excluding hydrogens is 497 g/mol. The summed E-state index contributed by atoms with van der Waals surface area (Å²) in [6.45, 7) is 0.368. The molecule has 1 aromatic heterocycles. The van der Waals surface area contributed by atoms with Crippen LogP contribution in [0.2, 0.25) is 10.0 Å². The van der Waals surface area contributed by atoms with Crippen LogP contribution in [0.4, 0.5) is 5.69 Å². The molecule has 11 heteroatoms. The van der Waals surface area contributed by atoms with Gasteiger partial charge in [-0.15, -0.1) is 5.10 Å². The van der Waals surface area contributed by atoms with E-state index in [2.05, 4.69) is 5.10 Å². The molecule has 0 aliphatic heterocycles. The summed E-state index contributed by atoms with van der Waals surface area (Å²) in [6.07, 6.45) is 0. The van der Waals surface area contributed by atoms with Gasteiger partial charge in [0.2, 0.25) is 5.88 Å². The zero-order chi connectivity index (χ0) is 24.9. The van der Waals surface area contributed by atoms with Crippen LogP contribution < -0.4 is 14.2 Å². The van der Waals surface area contributed by atoms with Crippen molar-refractivity contribution in [2.45, 2.75) is 6.54 Å². The van der Waals surface area contributed by atoms with E-state index in [0.29, 0.717) is 34.0 Å². The van der Waals surface area contributed by atoms with Crippen molar-refractivity contribution in [2.75, 3.05) is 20.3 Å². The van der Waals surface area contributed by atoms with Crippen molar-refractivity contribution in [1.29, 1.82) is 0 Å². The first-order valence-electron chi connectivity index (χ1n) is 10.4. The summed E-state index contributed by atoms with van der Waals surface area (Å²) in [6, 6.07) is 15.8. The number of fused-ring (bicyclic) bond motifs is 1. The van der Waals surface area contributed by atoms with Crippen LogP contribution in [0.25, 0.3) is 10.9 Å². The smallest absolute Gasteiger partial charge is 0.269 e. The third-order valence-corrected chi connectivity index (χ3v) is 5.86. The normalized spacial score (nSPS) is 10.8. The molecule has 4 aromatic rings. The van der Waals surface area contributed by atoms with Crippen LogP contribution in [0.5, 0.6) is 17.4 Å². The van der Waals surface area contributed by atoms with Gasteiger partial charge in [0.1, 0.15) is 18.1 Å². The van der Waals surface area contributed by atoms with E-state index in [1.54, 1.807) is 36.1 Å². The first-order chi connectivity index (χ1) is 16.9. The Morgan fingerprint density at radius 1 is 1.00 bits per heavy atom. The molecule has 0 fully saturated rings. The molecule has 4 rings (SSSR count). The van der Waals surface area contributed by atoms with Crippen LogP contribution in [-0.4, -0.2) is 40.8 Å². The number of aromatic nitrogens is 2. The Morgan fingerprint density at radius 2 is 1.74 bits per heavy atom. The Bertz CT molecular complexity index is 1390. The quantitative estimate of drug-likeness (QED) is 0.153. The number of nitro benzene ring substituents is 1. The number of methoxy groups -OCH3 is 1. The second-order valence-corrected chi connectivity index (χ2v) is 8.17. The molecule has 9 nitrogen and oxygen atoms in total. The molecule has 35 heavy (non-hydrogen) atoms. The van der Waals surface area contributed by atoms with Gasteiger partial charge in [0, 0.05) is 17.7 Å². The van der Waals surface area contributed by atoms with Gasteiger partial charge in [-0.3, -0.25) is 19.6 Å². The molecule has 0 aliphatic carbocycles. The lowest BCUT2D eigenvalue weighted by atomic mass is 10.1. The lowest BCUT2D eigenvalue weighted by Crippen LogP contribution is -2.13. The van der Waals surface area contributed by atoms with E-state index in [1.807, 2.05) is 6.07 Å². The SMILES string of the molecule is COc1ccc2c(c1)c(OCC(=O)c1ccc(Cl)c(Cl)c1)nn2CCOc1ccc([N+](=O)[O-])cc1. The van der Waals surface area contributed by atoms with Gasteiger partial charge >= 0.3 is 0 Å². The zero-order valence-electron chi connectivity index (χ0n) is 18.4. The van der Waals surface area contributed by atoms with Crippen LogP contribution >= 0.6 is 23.2 Å². The Hall–Kier alpha value is -3.82. The van der Waals surface area contributed by atoms with Crippen molar-refractivity contribution >= 4 is 45.6 Å². The Kier molecular flexibility index (Phi) is 7.38. The maximum absolute atomic E-state index is 12.6. The Labute approximate surface area is 209 Å². The van der Waals surface area contributed by atoms with Gasteiger partial charge in [-0.2, -0.15) is 0 Å². The predicted octanol–water partition coefficient (Wildman–Crippen LogP) is 5.60. The molecule has 0 bridgehead atoms. The fourth-order valence-electron chi connectivity index (χ4n) is 3.33. The van der Waals surface area contributed by atoms with E-state index < -0.39 is 4.92 Å². The minimum Gasteiger partial charge on any atom is -0.497 e. The van der Waals surface area contributed by atoms with E-state index in [4.69, 9.17) is 37.4 Å². The molecular formula is C24H19Cl2N3O6. The number of Topliss-reactive ketones (excluding diaryl/α,β-unsaturated/α-hetero) is 1. The highest BCUT2D eigenvalue weighted by Crippen LogP contribution is 2.29. The zero-order valence-corrected chi connectivity index (χ0v) is 20.0. The van der Waals surface area contributed by atoms with Gasteiger partial charge < -0.3 is 14.2 Å². The summed E-state index contributed by atoms with van der Waals surface area (Å²) in [5.41, 5.74) is 1.12. The third kappa shape index (κ3) is 5.64. The summed E-state index contributed by atoms with van der Waals surface area (Å²) in [5, 5.41) is 16.6. The lowest BCUT2D eigenvalue weighted by molar-refractivity contribution is -0.384. The molecule has 0 saturated carbocycles. The van der Waals surface area contributed by atoms with Crippen LogP contribution in [0, 0.1) is 10.1 Å². The summed E-state index contributed by atoms with van der Waals surface area (Å²) in [5.74, 6) is 1.09. The predicted molar refractivity (Wildman–Crippen MR) is 131 cm³/mol. The number of carbonyl (C=O) groups is 1. The van der Waals surface area contributed by atoms with Crippen molar-refractivity contribution in [3.63, 3.8) is 0 Å². The molecule has 0 radical (unpaired) electrons. The Balaban J connectivity index is 1.48. The van der Waals surface area contributed by atoms with Crippen LogP contribution in [-0.2, 0) is 6.54 Å². The first kappa shape index (κ1) is 24.3. The number of nitro groups is 1. The van der Waals surface area contributed by atoms with Crippen molar-refractivity contribution in [3.8, 4) is 17.4 Å². The summed E-state index contributed by atoms with van der Waals surface area (Å²) in [7, 11) is 1.55. The number of rotatable bonds is 10. The lowest BCUT2D eigenvalue weighted by Gasteiger charge is -2.07. The maximum atomic E-state index is 12.6. The van der Waals surface area contributed by atoms with E-state index in [0.717, 1.165) is 5.52 Å². The molecule has 0 saturated heterocycles. The number of hydrogen-bond donors (Lipinski definition) is 0. The minimum absolute atomic E-state index is 0.0124. The third-order valence-electron chi connectivity index (χ3n) is 5.12. The number of non-ortho nitro benzene ring substituents is 1. The molecule has 0 unspecified atom stereocenters. The van der Waals surface area contributed by atoms with Crippen molar-refractivity contribution in [1.82, 2.24) is 9.78 Å². The van der Waals surface area contributed by atoms with Crippen LogP contribution in [0.1, 0.15) is 10.4 Å². The van der Waals surface area contributed by atoms with Crippen LogP contribution in [0.15, 0.2) is 60.7 Å². The van der Waals surface area contributed by atoms with Gasteiger partial charge in [0.05, 0.1) is 39.5 Å². The second-order valence-electron chi connectivity index (χ2n) is 7.35. The highest BCUT2D eigenvalue weighted by molar-refractivity contribution is 6.42. The van der Waals surface area contributed by atoms with E-state index in [1.165, 1.54) is 30.3 Å². The van der Waals surface area contributed by atoms with E-state index in [9.17, 15) is 14.9 Å². The fraction of sp³-hybridized carbons (Fsp3) is 0.167. The van der Waals surface area contributed by atoms with Crippen molar-refractivity contribution in [3.05, 3.63) is 86.4 Å². The second kappa shape index (κ2) is 10.6. The minimum atomic E-state index is -0.471. The number of hydrogen-bond acceptors (Lipinski definition) is 7. The number of nitrogens with zero attached hydrogens (tertiary/aromatic N) is 3.